The molecule has 0 radical (unpaired) electrons. The molecule has 1 aromatic carbocycles. The van der Waals surface area contributed by atoms with Crippen LogP contribution in [0.2, 0.25) is 5.02 Å². The molecule has 0 spiro atoms. The number of hydrogen-bond acceptors (Lipinski definition) is 3. The van der Waals surface area contributed by atoms with Gasteiger partial charge in [0.05, 0.1) is 6.54 Å². The Morgan fingerprint density at radius 2 is 2.10 bits per heavy atom. The highest BCUT2D eigenvalue weighted by Gasteiger charge is 2.13. The second kappa shape index (κ2) is 8.64. The molecular weight excluding hydrogens is 292 g/mol. The van der Waals surface area contributed by atoms with Crippen LogP contribution in [-0.2, 0) is 9.59 Å². The van der Waals surface area contributed by atoms with Crippen molar-refractivity contribution in [3.63, 3.8) is 0 Å². The summed E-state index contributed by atoms with van der Waals surface area (Å²) in [6.07, 6.45) is 0.243. The van der Waals surface area contributed by atoms with Crippen LogP contribution in [0.1, 0.15) is 20.3 Å². The van der Waals surface area contributed by atoms with Crippen molar-refractivity contribution in [3.8, 4) is 0 Å². The fourth-order valence-electron chi connectivity index (χ4n) is 1.99. The van der Waals surface area contributed by atoms with E-state index in [9.17, 15) is 9.59 Å². The summed E-state index contributed by atoms with van der Waals surface area (Å²) >= 11 is 5.85. The summed E-state index contributed by atoms with van der Waals surface area (Å²) in [5.74, 6) is -0.692. The number of rotatable bonds is 8. The van der Waals surface area contributed by atoms with E-state index in [2.05, 4.69) is 5.32 Å². The summed E-state index contributed by atoms with van der Waals surface area (Å²) in [5.41, 5.74) is 0.640. The van der Waals surface area contributed by atoms with E-state index in [-0.39, 0.29) is 18.9 Å². The third-order valence-electron chi connectivity index (χ3n) is 2.75. The average molecular weight is 313 g/mol. The van der Waals surface area contributed by atoms with Gasteiger partial charge in [0.15, 0.2) is 0 Å². The highest BCUT2D eigenvalue weighted by Crippen LogP contribution is 2.15. The third-order valence-corrected chi connectivity index (χ3v) is 2.98. The summed E-state index contributed by atoms with van der Waals surface area (Å²) < 4.78 is 0. The van der Waals surface area contributed by atoms with Crippen molar-refractivity contribution in [2.24, 2.45) is 5.92 Å². The molecule has 0 aliphatic carbocycles. The minimum absolute atomic E-state index is 0.0530. The van der Waals surface area contributed by atoms with Gasteiger partial charge in [-0.2, -0.15) is 0 Å². The predicted octanol–water partition coefficient (Wildman–Crippen LogP) is 2.71. The summed E-state index contributed by atoms with van der Waals surface area (Å²) in [5, 5.41) is 12.2. The topological polar surface area (TPSA) is 69.6 Å². The molecule has 0 saturated carbocycles. The van der Waals surface area contributed by atoms with Gasteiger partial charge in [-0.25, -0.2) is 0 Å². The van der Waals surface area contributed by atoms with Gasteiger partial charge in [-0.05, 0) is 24.1 Å². The Balaban J connectivity index is 2.47. The first kappa shape index (κ1) is 17.5. The van der Waals surface area contributed by atoms with Crippen LogP contribution < -0.4 is 5.32 Å². The number of hydrogen-bond donors (Lipinski definition) is 2. The lowest BCUT2D eigenvalue weighted by Crippen LogP contribution is -2.35. The molecule has 0 saturated heterocycles. The van der Waals surface area contributed by atoms with Crippen LogP contribution in [0.15, 0.2) is 24.3 Å². The largest absolute Gasteiger partial charge is 0.480 e. The van der Waals surface area contributed by atoms with Crippen molar-refractivity contribution < 1.29 is 14.7 Å². The summed E-state index contributed by atoms with van der Waals surface area (Å²) in [6.45, 7) is 5.04. The van der Waals surface area contributed by atoms with E-state index in [0.717, 1.165) is 0 Å². The standard InChI is InChI=1S/C15H21ClN2O3/c1-11(2)9-18(10-15(20)21)7-6-14(19)17-13-5-3-4-12(16)8-13/h3-5,8,11H,6-7,9-10H2,1-2H3,(H,17,19)(H,20,21). The monoisotopic (exact) mass is 312 g/mol. The Labute approximate surface area is 129 Å². The molecule has 0 aliphatic rings. The van der Waals surface area contributed by atoms with E-state index in [1.165, 1.54) is 0 Å². The van der Waals surface area contributed by atoms with Crippen molar-refractivity contribution in [1.82, 2.24) is 4.90 Å². The number of carboxylic acid groups (broad SMARTS) is 1. The Hall–Kier alpha value is -1.59. The Bertz CT molecular complexity index is 492. The lowest BCUT2D eigenvalue weighted by Gasteiger charge is -2.21. The molecule has 21 heavy (non-hydrogen) atoms. The van der Waals surface area contributed by atoms with Crippen LogP contribution in [0, 0.1) is 5.92 Å². The fraction of sp³-hybridized carbons (Fsp3) is 0.467. The predicted molar refractivity (Wildman–Crippen MR) is 83.6 cm³/mol. The number of carbonyl (C=O) groups excluding carboxylic acids is 1. The van der Waals surface area contributed by atoms with Gasteiger partial charge in [-0.1, -0.05) is 31.5 Å². The van der Waals surface area contributed by atoms with Gasteiger partial charge in [-0.3, -0.25) is 14.5 Å². The van der Waals surface area contributed by atoms with E-state index < -0.39 is 5.97 Å². The van der Waals surface area contributed by atoms with E-state index in [0.29, 0.717) is 29.7 Å². The molecule has 0 heterocycles. The Kier molecular flexibility index (Phi) is 7.19. The molecule has 5 nitrogen and oxygen atoms in total. The number of aliphatic carboxylic acids is 1. The van der Waals surface area contributed by atoms with Gasteiger partial charge in [0.25, 0.3) is 0 Å². The molecule has 1 rings (SSSR count). The first-order chi connectivity index (χ1) is 9.86. The van der Waals surface area contributed by atoms with Gasteiger partial charge in [-0.15, -0.1) is 0 Å². The molecule has 0 aromatic heterocycles. The van der Waals surface area contributed by atoms with Crippen LogP contribution in [-0.4, -0.2) is 41.5 Å². The first-order valence-electron chi connectivity index (χ1n) is 6.86. The number of amides is 1. The number of halogens is 1. The maximum Gasteiger partial charge on any atom is 0.317 e. The lowest BCUT2D eigenvalue weighted by molar-refractivity contribution is -0.138. The van der Waals surface area contributed by atoms with Crippen molar-refractivity contribution in [2.45, 2.75) is 20.3 Å². The molecule has 1 amide bonds. The minimum Gasteiger partial charge on any atom is -0.480 e. The maximum atomic E-state index is 11.9. The van der Waals surface area contributed by atoms with Crippen molar-refractivity contribution in [3.05, 3.63) is 29.3 Å². The number of benzene rings is 1. The highest BCUT2D eigenvalue weighted by atomic mass is 35.5. The number of carboxylic acids is 1. The third kappa shape index (κ3) is 7.68. The van der Waals surface area contributed by atoms with Gasteiger partial charge >= 0.3 is 5.97 Å². The number of anilines is 1. The van der Waals surface area contributed by atoms with Crippen molar-refractivity contribution >= 4 is 29.2 Å². The zero-order valence-electron chi connectivity index (χ0n) is 12.3. The second-order valence-corrected chi connectivity index (χ2v) is 5.77. The maximum absolute atomic E-state index is 11.9. The van der Waals surface area contributed by atoms with Gasteiger partial charge in [0, 0.05) is 30.2 Å². The molecule has 6 heteroatoms. The van der Waals surface area contributed by atoms with Gasteiger partial charge in [0.1, 0.15) is 0 Å². The van der Waals surface area contributed by atoms with E-state index >= 15 is 0 Å². The summed E-state index contributed by atoms with van der Waals surface area (Å²) in [6, 6.07) is 6.91. The minimum atomic E-state index is -0.883. The fourth-order valence-corrected chi connectivity index (χ4v) is 2.18. The molecule has 0 unspecified atom stereocenters. The van der Waals surface area contributed by atoms with Crippen LogP contribution in [0.25, 0.3) is 0 Å². The number of carbonyl (C=O) groups is 2. The normalized spacial score (nSPS) is 10.9. The van der Waals surface area contributed by atoms with Crippen molar-refractivity contribution in [1.29, 1.82) is 0 Å². The molecular formula is C15H21ClN2O3. The smallest absolute Gasteiger partial charge is 0.317 e. The zero-order chi connectivity index (χ0) is 15.8. The van der Waals surface area contributed by atoms with Crippen LogP contribution >= 0.6 is 11.6 Å². The zero-order valence-corrected chi connectivity index (χ0v) is 13.1. The number of nitrogens with zero attached hydrogens (tertiary/aromatic N) is 1. The molecule has 0 aliphatic heterocycles. The lowest BCUT2D eigenvalue weighted by atomic mass is 10.2. The van der Waals surface area contributed by atoms with Crippen LogP contribution in [0.3, 0.4) is 0 Å². The van der Waals surface area contributed by atoms with Gasteiger partial charge in [0.2, 0.25) is 5.91 Å². The van der Waals surface area contributed by atoms with Crippen LogP contribution in [0.4, 0.5) is 5.69 Å². The molecule has 0 atom stereocenters. The van der Waals surface area contributed by atoms with E-state index in [1.54, 1.807) is 29.2 Å². The molecule has 116 valence electrons. The van der Waals surface area contributed by atoms with Gasteiger partial charge < -0.3 is 10.4 Å². The number of nitrogens with one attached hydrogen (secondary N) is 1. The molecule has 2 N–H and O–H groups in total. The second-order valence-electron chi connectivity index (χ2n) is 5.33. The molecule has 0 fully saturated rings. The molecule has 1 aromatic rings. The SMILES string of the molecule is CC(C)CN(CCC(=O)Nc1cccc(Cl)c1)CC(=O)O. The average Bonchev–Trinajstić information content (AvgIpc) is 2.34. The summed E-state index contributed by atoms with van der Waals surface area (Å²) in [7, 11) is 0. The Morgan fingerprint density at radius 1 is 1.38 bits per heavy atom. The van der Waals surface area contributed by atoms with E-state index in [1.807, 2.05) is 13.8 Å². The molecule has 0 bridgehead atoms. The summed E-state index contributed by atoms with van der Waals surface area (Å²) in [4.78, 5) is 24.4. The quantitative estimate of drug-likeness (QED) is 0.774. The van der Waals surface area contributed by atoms with E-state index in [4.69, 9.17) is 16.7 Å². The Morgan fingerprint density at radius 3 is 2.67 bits per heavy atom. The highest BCUT2D eigenvalue weighted by molar-refractivity contribution is 6.30. The van der Waals surface area contributed by atoms with Crippen LogP contribution in [0.5, 0.6) is 0 Å². The first-order valence-corrected chi connectivity index (χ1v) is 7.24. The van der Waals surface area contributed by atoms with Crippen molar-refractivity contribution in [2.75, 3.05) is 25.0 Å².